The summed E-state index contributed by atoms with van der Waals surface area (Å²) in [7, 11) is -0.867. The van der Waals surface area contributed by atoms with E-state index in [1.165, 1.54) is 7.11 Å². The lowest BCUT2D eigenvalue weighted by Gasteiger charge is -2.42. The number of ether oxygens (including phenoxy) is 1. The fraction of sp³-hybridized carbons (Fsp3) is 0.538. The van der Waals surface area contributed by atoms with Crippen molar-refractivity contribution in [2.75, 3.05) is 7.11 Å². The van der Waals surface area contributed by atoms with Crippen LogP contribution in [0.4, 0.5) is 0 Å². The highest BCUT2D eigenvalue weighted by atomic mass is 28.4. The number of benzene rings is 1. The molecule has 0 atom stereocenters. The van der Waals surface area contributed by atoms with Gasteiger partial charge in [-0.3, -0.25) is 4.57 Å². The molecule has 0 saturated carbocycles. The minimum Gasteiger partial charge on any atom is -0.543 e. The van der Waals surface area contributed by atoms with Gasteiger partial charge in [-0.1, -0.05) is 67.5 Å². The van der Waals surface area contributed by atoms with Gasteiger partial charge >= 0.3 is 11.7 Å². The molecule has 3 rings (SSSR count). The van der Waals surface area contributed by atoms with Gasteiger partial charge in [0.1, 0.15) is 11.3 Å². The van der Waals surface area contributed by atoms with Gasteiger partial charge in [0.2, 0.25) is 0 Å². The van der Waals surface area contributed by atoms with Crippen molar-refractivity contribution < 1.29 is 14.0 Å². The van der Waals surface area contributed by atoms with E-state index >= 15 is 0 Å². The summed E-state index contributed by atoms with van der Waals surface area (Å²) in [6.07, 6.45) is 0. The molecule has 0 fully saturated rings. The molecule has 8 nitrogen and oxygen atoms in total. The summed E-state index contributed by atoms with van der Waals surface area (Å²) < 4.78 is 13.3. The number of nitrogens with zero attached hydrogens (tertiary/aromatic N) is 3. The van der Waals surface area contributed by atoms with Crippen LogP contribution in [-0.4, -0.2) is 40.9 Å². The number of rotatable bonds is 9. The van der Waals surface area contributed by atoms with Gasteiger partial charge in [0.05, 0.1) is 7.11 Å². The Kier molecular flexibility index (Phi) is 7.89. The summed E-state index contributed by atoms with van der Waals surface area (Å²) >= 11 is 0. The van der Waals surface area contributed by atoms with Gasteiger partial charge in [-0.15, -0.1) is 0 Å². The van der Waals surface area contributed by atoms with E-state index < -0.39 is 14.3 Å². The Labute approximate surface area is 208 Å². The van der Waals surface area contributed by atoms with Crippen LogP contribution in [0.2, 0.25) is 16.6 Å². The fourth-order valence-electron chi connectivity index (χ4n) is 5.19. The molecule has 190 valence electrons. The molecule has 3 aromatic rings. The number of hydrogen-bond donors (Lipinski definition) is 1. The number of nitrogens with one attached hydrogen (secondary N) is 1. The number of H-pyrrole nitrogens is 1. The second-order valence-corrected chi connectivity index (χ2v) is 15.8. The summed E-state index contributed by atoms with van der Waals surface area (Å²) in [5.41, 5.74) is 2.36. The third kappa shape index (κ3) is 5.05. The van der Waals surface area contributed by atoms with Crippen molar-refractivity contribution in [2.45, 2.75) is 78.6 Å². The van der Waals surface area contributed by atoms with E-state index in [1.54, 1.807) is 4.57 Å². The Morgan fingerprint density at radius 3 is 2.20 bits per heavy atom. The van der Waals surface area contributed by atoms with Gasteiger partial charge in [0, 0.05) is 12.1 Å². The molecule has 0 amide bonds. The molecule has 35 heavy (non-hydrogen) atoms. The maximum atomic E-state index is 12.7. The number of carbonyl (C=O) groups is 1. The lowest BCUT2D eigenvalue weighted by molar-refractivity contribution is 0.0596. The van der Waals surface area contributed by atoms with E-state index in [9.17, 15) is 9.59 Å². The zero-order valence-electron chi connectivity index (χ0n) is 22.3. The first-order valence-corrected chi connectivity index (χ1v) is 14.4. The summed E-state index contributed by atoms with van der Waals surface area (Å²) in [5, 5.41) is 0. The van der Waals surface area contributed by atoms with E-state index in [4.69, 9.17) is 14.1 Å². The highest BCUT2D eigenvalue weighted by Crippen LogP contribution is 2.43. The second kappa shape index (κ2) is 10.4. The molecule has 1 aromatic carbocycles. The summed E-state index contributed by atoms with van der Waals surface area (Å²) in [4.78, 5) is 37.2. The van der Waals surface area contributed by atoms with Crippen LogP contribution in [-0.2, 0) is 11.3 Å². The Bertz CT molecular complexity index is 1240. The maximum absolute atomic E-state index is 12.7. The molecule has 0 saturated heterocycles. The first-order valence-electron chi connectivity index (χ1n) is 12.3. The van der Waals surface area contributed by atoms with Gasteiger partial charge in [-0.25, -0.2) is 19.6 Å². The summed E-state index contributed by atoms with van der Waals surface area (Å²) in [6, 6.07) is 7.68. The predicted molar refractivity (Wildman–Crippen MR) is 141 cm³/mol. The SMILES string of the molecule is COC(=O)c1nc(-c2cccc(O[Si](C(C)C)(C(C)C)C(C)C)c2)nc2c1[nH]c(=O)n2CC(C)C. The van der Waals surface area contributed by atoms with Gasteiger partial charge < -0.3 is 14.1 Å². The predicted octanol–water partition coefficient (Wildman–Crippen LogP) is 5.78. The molecule has 0 bridgehead atoms. The van der Waals surface area contributed by atoms with E-state index in [1.807, 2.05) is 38.1 Å². The smallest absolute Gasteiger partial charge is 0.359 e. The van der Waals surface area contributed by atoms with Crippen LogP contribution in [0.25, 0.3) is 22.6 Å². The molecule has 2 heterocycles. The van der Waals surface area contributed by atoms with Crippen LogP contribution in [0.5, 0.6) is 5.75 Å². The van der Waals surface area contributed by atoms with E-state index in [0.717, 1.165) is 5.75 Å². The number of imidazole rings is 1. The van der Waals surface area contributed by atoms with Gasteiger partial charge in [0.15, 0.2) is 17.2 Å². The zero-order valence-corrected chi connectivity index (χ0v) is 23.3. The van der Waals surface area contributed by atoms with Crippen molar-refractivity contribution in [3.05, 3.63) is 40.4 Å². The molecule has 0 aliphatic rings. The molecule has 2 aromatic heterocycles. The molecule has 0 unspecified atom stereocenters. The van der Waals surface area contributed by atoms with Crippen LogP contribution in [0.15, 0.2) is 29.1 Å². The molecule has 0 radical (unpaired) electrons. The number of carbonyl (C=O) groups excluding carboxylic acids is 1. The van der Waals surface area contributed by atoms with Gasteiger partial charge in [-0.05, 0) is 34.7 Å². The van der Waals surface area contributed by atoms with Crippen LogP contribution < -0.4 is 10.1 Å². The molecule has 9 heteroatoms. The first kappa shape index (κ1) is 26.7. The minimum atomic E-state index is -2.16. The molecular formula is C26H38N4O4Si. The van der Waals surface area contributed by atoms with Crippen LogP contribution in [0.1, 0.15) is 65.9 Å². The van der Waals surface area contributed by atoms with Crippen molar-refractivity contribution in [2.24, 2.45) is 5.92 Å². The molecule has 1 N–H and O–H groups in total. The number of aromatic amines is 1. The Hall–Kier alpha value is -2.94. The van der Waals surface area contributed by atoms with Crippen molar-refractivity contribution in [1.29, 1.82) is 0 Å². The highest BCUT2D eigenvalue weighted by Gasteiger charge is 2.47. The van der Waals surface area contributed by atoms with Crippen LogP contribution >= 0.6 is 0 Å². The van der Waals surface area contributed by atoms with Crippen molar-refractivity contribution in [3.8, 4) is 17.1 Å². The van der Waals surface area contributed by atoms with E-state index in [2.05, 4.69) is 51.5 Å². The average Bonchev–Trinajstić information content (AvgIpc) is 3.10. The number of hydrogen-bond acceptors (Lipinski definition) is 6. The van der Waals surface area contributed by atoms with E-state index in [0.29, 0.717) is 40.2 Å². The molecular weight excluding hydrogens is 460 g/mol. The standard InChI is InChI=1S/C26H38N4O4Si/c1-15(2)14-30-24-21(28-26(30)32)22(25(31)33-9)27-23(29-24)19-11-10-12-20(13-19)34-35(16(3)4,17(5)6)18(7)8/h10-13,15-18H,14H2,1-9H3,(H,28,32). The normalized spacial score (nSPS) is 12.4. The highest BCUT2D eigenvalue weighted by molar-refractivity contribution is 6.78. The molecule has 0 aliphatic heterocycles. The second-order valence-electron chi connectivity index (χ2n) is 10.5. The number of aromatic nitrogens is 4. The number of fused-ring (bicyclic) bond motifs is 1. The van der Waals surface area contributed by atoms with E-state index in [-0.39, 0.29) is 22.8 Å². The fourth-order valence-corrected chi connectivity index (χ4v) is 10.4. The third-order valence-corrected chi connectivity index (χ3v) is 12.6. The van der Waals surface area contributed by atoms with Crippen molar-refractivity contribution in [3.63, 3.8) is 0 Å². The monoisotopic (exact) mass is 498 g/mol. The Morgan fingerprint density at radius 2 is 1.66 bits per heavy atom. The average molecular weight is 499 g/mol. The number of methoxy groups -OCH3 is 1. The lowest BCUT2D eigenvalue weighted by atomic mass is 10.2. The summed E-state index contributed by atoms with van der Waals surface area (Å²) in [5.74, 6) is 0.687. The quantitative estimate of drug-likeness (QED) is 0.296. The Balaban J connectivity index is 2.18. The topological polar surface area (TPSA) is 99.1 Å². The first-order chi connectivity index (χ1) is 16.4. The zero-order chi connectivity index (χ0) is 26.1. The van der Waals surface area contributed by atoms with Crippen molar-refractivity contribution in [1.82, 2.24) is 19.5 Å². The molecule has 0 aliphatic carbocycles. The molecule has 0 spiro atoms. The number of esters is 1. The van der Waals surface area contributed by atoms with Crippen LogP contribution in [0.3, 0.4) is 0 Å². The van der Waals surface area contributed by atoms with Crippen LogP contribution in [0, 0.1) is 5.92 Å². The summed E-state index contributed by atoms with van der Waals surface area (Å²) in [6.45, 7) is 18.0. The third-order valence-electron chi connectivity index (χ3n) is 6.64. The van der Waals surface area contributed by atoms with Gasteiger partial charge in [-0.2, -0.15) is 0 Å². The lowest BCUT2D eigenvalue weighted by Crippen LogP contribution is -2.50. The van der Waals surface area contributed by atoms with Crippen molar-refractivity contribution >= 4 is 25.5 Å². The maximum Gasteiger partial charge on any atom is 0.359 e. The Morgan fingerprint density at radius 1 is 1.03 bits per heavy atom. The largest absolute Gasteiger partial charge is 0.543 e. The van der Waals surface area contributed by atoms with Gasteiger partial charge in [0.25, 0.3) is 8.32 Å². The minimum absolute atomic E-state index is 0.0358.